The van der Waals surface area contributed by atoms with Gasteiger partial charge in [0.05, 0.1) is 0 Å². The molecule has 0 radical (unpaired) electrons. The average molecular weight is 851 g/mol. The van der Waals surface area contributed by atoms with Crippen LogP contribution in [0.1, 0.15) is 258 Å². The lowest BCUT2D eigenvalue weighted by molar-refractivity contribution is 0.0180. The maximum absolute atomic E-state index is 3.20. The molecule has 62 heavy (non-hydrogen) atoms. The van der Waals surface area contributed by atoms with Gasteiger partial charge in [0.15, 0.2) is 0 Å². The highest BCUT2D eigenvalue weighted by atomic mass is 15.2. The van der Waals surface area contributed by atoms with E-state index in [1.165, 1.54) is 218 Å². The third kappa shape index (κ3) is 12.1. The van der Waals surface area contributed by atoms with Gasteiger partial charge in [-0.15, -0.1) is 0 Å². The summed E-state index contributed by atoms with van der Waals surface area (Å²) in [6.07, 6.45) is 68.2. The molecule has 9 aliphatic rings. The molecular weight excluding hydrogens is 749 g/mol. The number of nitrogens with zero attached hydrogens (tertiary/aromatic N) is 2. The first-order chi connectivity index (χ1) is 30.6. The second-order valence-corrected chi connectivity index (χ2v) is 25.1. The highest BCUT2D eigenvalue weighted by Crippen LogP contribution is 2.50. The van der Waals surface area contributed by atoms with Crippen molar-refractivity contribution in [1.29, 1.82) is 0 Å². The Morgan fingerprint density at radius 2 is 0.629 bits per heavy atom. The van der Waals surface area contributed by atoms with E-state index in [2.05, 4.69) is 48.0 Å². The number of hydrogen-bond acceptors (Lipinski definition) is 2. The smallest absolute Gasteiger partial charge is 0.0102 e. The molecule has 4 unspecified atom stereocenters. The van der Waals surface area contributed by atoms with Gasteiger partial charge in [0, 0.05) is 36.3 Å². The molecule has 0 saturated heterocycles. The Kier molecular flexibility index (Phi) is 17.6. The predicted octanol–water partition coefficient (Wildman–Crippen LogP) is 17.1. The largest absolute Gasteiger partial charge is 0.294 e. The van der Waals surface area contributed by atoms with Crippen molar-refractivity contribution >= 4 is 0 Å². The van der Waals surface area contributed by atoms with E-state index in [1.54, 1.807) is 25.7 Å². The van der Waals surface area contributed by atoms with Crippen molar-refractivity contribution in [3.63, 3.8) is 0 Å². The maximum Gasteiger partial charge on any atom is 0.0102 e. The molecule has 2 nitrogen and oxygen atoms in total. The van der Waals surface area contributed by atoms with Crippen LogP contribution in [0.4, 0.5) is 0 Å². The van der Waals surface area contributed by atoms with Crippen LogP contribution in [-0.2, 0) is 0 Å². The molecule has 9 rings (SSSR count). The van der Waals surface area contributed by atoms with Crippen LogP contribution in [-0.4, -0.2) is 46.1 Å². The van der Waals surface area contributed by atoms with Crippen LogP contribution in [0.15, 0.2) is 24.3 Å². The van der Waals surface area contributed by atoms with Crippen molar-refractivity contribution in [2.45, 2.75) is 294 Å². The summed E-state index contributed by atoms with van der Waals surface area (Å²) in [5, 5.41) is 0. The van der Waals surface area contributed by atoms with Crippen LogP contribution in [0.3, 0.4) is 0 Å². The highest BCUT2D eigenvalue weighted by molar-refractivity contribution is 5.07. The second-order valence-electron chi connectivity index (χ2n) is 25.1. The van der Waals surface area contributed by atoms with Gasteiger partial charge in [-0.2, -0.15) is 0 Å². The Morgan fingerprint density at radius 3 is 1.03 bits per heavy atom. The van der Waals surface area contributed by atoms with E-state index in [1.807, 2.05) is 0 Å². The molecule has 0 aliphatic heterocycles. The molecule has 0 N–H and O–H groups in total. The second kappa shape index (κ2) is 23.4. The average Bonchev–Trinajstić information content (AvgIpc) is 3.33. The minimum Gasteiger partial charge on any atom is -0.294 e. The van der Waals surface area contributed by atoms with E-state index < -0.39 is 0 Å². The minimum atomic E-state index is 0.807. The van der Waals surface area contributed by atoms with Gasteiger partial charge >= 0.3 is 0 Å². The molecule has 0 amide bonds. The molecule has 0 aromatic rings. The standard InChI is InChI=1S/C60H102N2/c1-45-23-31-49(32-24-45)50-35-37-51(38-36-50)60-44-52(33-25-47-27-39-58(40-28-47)61(54-15-7-3-8-16-54)55-17-9-4-10-18-55)46(2)43-53(60)34-26-48-29-41-59(42-30-48)62(56-19-11-5-12-20-56)57-21-13-6-14-22-57/h25-26,33-34,45-60H,3-24,27-32,35-44H2,1-2H3/b33-25?,34-26+. The van der Waals surface area contributed by atoms with Crippen LogP contribution in [0.25, 0.3) is 0 Å². The van der Waals surface area contributed by atoms with E-state index in [0.29, 0.717) is 0 Å². The van der Waals surface area contributed by atoms with E-state index in [-0.39, 0.29) is 0 Å². The van der Waals surface area contributed by atoms with Crippen molar-refractivity contribution in [1.82, 2.24) is 9.80 Å². The summed E-state index contributed by atoms with van der Waals surface area (Å²) in [5.41, 5.74) is 0. The third-order valence-corrected chi connectivity index (χ3v) is 21.2. The van der Waals surface area contributed by atoms with Gasteiger partial charge in [-0.3, -0.25) is 9.80 Å². The Hall–Kier alpha value is -0.600. The Bertz CT molecular complexity index is 1270. The van der Waals surface area contributed by atoms with Gasteiger partial charge < -0.3 is 0 Å². The van der Waals surface area contributed by atoms with Gasteiger partial charge in [0.1, 0.15) is 0 Å². The molecule has 9 fully saturated rings. The summed E-state index contributed by atoms with van der Waals surface area (Å²) in [6.45, 7) is 5.19. The van der Waals surface area contributed by atoms with Crippen LogP contribution < -0.4 is 0 Å². The third-order valence-electron chi connectivity index (χ3n) is 21.2. The molecule has 0 aromatic heterocycles. The first kappa shape index (κ1) is 46.5. The van der Waals surface area contributed by atoms with Crippen LogP contribution in [0.2, 0.25) is 0 Å². The van der Waals surface area contributed by atoms with Crippen molar-refractivity contribution in [3.8, 4) is 0 Å². The fraction of sp³-hybridized carbons (Fsp3) is 0.933. The minimum absolute atomic E-state index is 0.807. The molecule has 0 aromatic carbocycles. The van der Waals surface area contributed by atoms with Crippen molar-refractivity contribution in [3.05, 3.63) is 24.3 Å². The van der Waals surface area contributed by atoms with E-state index >= 15 is 0 Å². The van der Waals surface area contributed by atoms with Crippen molar-refractivity contribution in [2.75, 3.05) is 0 Å². The fourth-order valence-electron chi connectivity index (χ4n) is 17.4. The molecular formula is C60H102N2. The number of hydrogen-bond donors (Lipinski definition) is 0. The first-order valence-corrected chi connectivity index (χ1v) is 29.5. The zero-order valence-electron chi connectivity index (χ0n) is 41.3. The van der Waals surface area contributed by atoms with E-state index in [0.717, 1.165) is 95.4 Å². The van der Waals surface area contributed by atoms with Gasteiger partial charge in [-0.05, 0) is 213 Å². The Balaban J connectivity index is 0.824. The van der Waals surface area contributed by atoms with Crippen LogP contribution >= 0.6 is 0 Å². The Labute approximate surface area is 385 Å². The quantitative estimate of drug-likeness (QED) is 0.181. The lowest BCUT2D eigenvalue weighted by Crippen LogP contribution is -2.51. The zero-order valence-corrected chi connectivity index (χ0v) is 41.3. The maximum atomic E-state index is 3.20. The summed E-state index contributed by atoms with van der Waals surface area (Å²) in [7, 11) is 0. The topological polar surface area (TPSA) is 6.48 Å². The van der Waals surface area contributed by atoms with Gasteiger partial charge in [-0.1, -0.05) is 128 Å². The molecule has 9 aliphatic carbocycles. The Morgan fingerprint density at radius 1 is 0.290 bits per heavy atom. The van der Waals surface area contributed by atoms with Crippen LogP contribution in [0, 0.1) is 59.2 Å². The summed E-state index contributed by atoms with van der Waals surface area (Å²) >= 11 is 0. The van der Waals surface area contributed by atoms with Gasteiger partial charge in [0.2, 0.25) is 0 Å². The lowest BCUT2D eigenvalue weighted by Gasteiger charge is -2.48. The lowest BCUT2D eigenvalue weighted by atomic mass is 9.60. The molecule has 0 heterocycles. The molecule has 2 heteroatoms. The zero-order chi connectivity index (χ0) is 42.1. The van der Waals surface area contributed by atoms with Gasteiger partial charge in [0.25, 0.3) is 0 Å². The van der Waals surface area contributed by atoms with E-state index in [4.69, 9.17) is 0 Å². The molecule has 0 bridgehead atoms. The van der Waals surface area contributed by atoms with Crippen LogP contribution in [0.5, 0.6) is 0 Å². The fourth-order valence-corrected chi connectivity index (χ4v) is 17.4. The number of allylic oxidation sites excluding steroid dienone is 4. The molecule has 0 spiro atoms. The predicted molar refractivity (Wildman–Crippen MR) is 266 cm³/mol. The monoisotopic (exact) mass is 851 g/mol. The molecule has 4 atom stereocenters. The normalized spacial score (nSPS) is 41.1. The van der Waals surface area contributed by atoms with Crippen molar-refractivity contribution in [2.24, 2.45) is 59.2 Å². The van der Waals surface area contributed by atoms with E-state index in [9.17, 15) is 0 Å². The summed E-state index contributed by atoms with van der Waals surface area (Å²) in [5.74, 6) is 9.12. The first-order valence-electron chi connectivity index (χ1n) is 29.5. The highest BCUT2D eigenvalue weighted by Gasteiger charge is 2.42. The van der Waals surface area contributed by atoms with Gasteiger partial charge in [-0.25, -0.2) is 0 Å². The summed E-state index contributed by atoms with van der Waals surface area (Å²) in [4.78, 5) is 6.39. The molecule has 352 valence electrons. The summed E-state index contributed by atoms with van der Waals surface area (Å²) in [6, 6.07) is 5.39. The van der Waals surface area contributed by atoms with Crippen molar-refractivity contribution < 1.29 is 0 Å². The molecule has 9 saturated carbocycles. The number of rotatable bonds is 12. The summed E-state index contributed by atoms with van der Waals surface area (Å²) < 4.78 is 0. The SMILES string of the molecule is CC1CCC(C2CCC(C3CC(C=CC4CCC(N(C5CCCCC5)C5CCCCC5)CC4)C(C)CC3/C=C/C3CCC(N(C4CCCCC4)C4CCCCC4)CC3)CC2)CC1.